The standard InChI is InChI=1S/C22H15I2N3O3S/c1-2-7-27-21(29)17(20(28)26-22(27)31)9-15-8-16(23)10-18(24)19(15)30-12-14-6-4-3-5-13(14)11-25/h2-6,8-10H,1,7,12H2,(H,26,28,31)/b17-9+. The van der Waals surface area contributed by atoms with Crippen LogP contribution in [0.15, 0.2) is 54.6 Å². The van der Waals surface area contributed by atoms with Gasteiger partial charge in [-0.1, -0.05) is 24.3 Å². The van der Waals surface area contributed by atoms with Crippen molar-refractivity contribution in [1.82, 2.24) is 10.2 Å². The second-order valence-electron chi connectivity index (χ2n) is 6.39. The lowest BCUT2D eigenvalue weighted by atomic mass is 10.1. The lowest BCUT2D eigenvalue weighted by Crippen LogP contribution is -2.53. The molecule has 156 valence electrons. The first-order valence-corrected chi connectivity index (χ1v) is 11.5. The molecule has 3 rings (SSSR count). The van der Waals surface area contributed by atoms with E-state index in [2.05, 4.69) is 63.1 Å². The first kappa shape index (κ1) is 23.4. The summed E-state index contributed by atoms with van der Waals surface area (Å²) in [5.74, 6) is -0.543. The number of carbonyl (C=O) groups excluding carboxylic acids is 2. The quantitative estimate of drug-likeness (QED) is 0.166. The summed E-state index contributed by atoms with van der Waals surface area (Å²) in [7, 11) is 0. The Balaban J connectivity index is 2.00. The topological polar surface area (TPSA) is 82.4 Å². The Morgan fingerprint density at radius 3 is 2.71 bits per heavy atom. The molecule has 0 bridgehead atoms. The van der Waals surface area contributed by atoms with Crippen LogP contribution in [0.1, 0.15) is 16.7 Å². The van der Waals surface area contributed by atoms with E-state index in [1.165, 1.54) is 17.1 Å². The molecule has 1 aliphatic heterocycles. The Morgan fingerprint density at radius 1 is 1.26 bits per heavy atom. The van der Waals surface area contributed by atoms with E-state index >= 15 is 0 Å². The summed E-state index contributed by atoms with van der Waals surface area (Å²) in [4.78, 5) is 26.6. The normalized spacial score (nSPS) is 14.9. The Hall–Kier alpha value is -2.30. The van der Waals surface area contributed by atoms with E-state index in [0.29, 0.717) is 16.9 Å². The molecule has 0 aromatic heterocycles. The number of carbonyl (C=O) groups is 2. The lowest BCUT2D eigenvalue weighted by Gasteiger charge is -2.28. The van der Waals surface area contributed by atoms with Crippen LogP contribution in [0.3, 0.4) is 0 Å². The van der Waals surface area contributed by atoms with Crippen molar-refractivity contribution in [1.29, 1.82) is 5.26 Å². The number of halogens is 2. The van der Waals surface area contributed by atoms with Gasteiger partial charge in [0.05, 0.1) is 15.2 Å². The van der Waals surface area contributed by atoms with E-state index in [-0.39, 0.29) is 23.8 Å². The summed E-state index contributed by atoms with van der Waals surface area (Å²) in [5, 5.41) is 11.9. The van der Waals surface area contributed by atoms with E-state index in [9.17, 15) is 14.9 Å². The Kier molecular flexibility index (Phi) is 7.79. The van der Waals surface area contributed by atoms with Gasteiger partial charge in [0.25, 0.3) is 11.8 Å². The molecule has 31 heavy (non-hydrogen) atoms. The van der Waals surface area contributed by atoms with Gasteiger partial charge in [-0.05, 0) is 81.7 Å². The molecule has 0 spiro atoms. The van der Waals surface area contributed by atoms with Gasteiger partial charge in [0.15, 0.2) is 5.11 Å². The summed E-state index contributed by atoms with van der Waals surface area (Å²) in [6.07, 6.45) is 3.04. The van der Waals surface area contributed by atoms with Gasteiger partial charge in [-0.2, -0.15) is 5.26 Å². The number of amides is 2. The van der Waals surface area contributed by atoms with Crippen molar-refractivity contribution in [2.75, 3.05) is 6.54 Å². The van der Waals surface area contributed by atoms with Crippen molar-refractivity contribution in [3.8, 4) is 11.8 Å². The van der Waals surface area contributed by atoms with Crippen LogP contribution in [0.2, 0.25) is 0 Å². The number of nitrogens with one attached hydrogen (secondary N) is 1. The molecular weight excluding hydrogens is 640 g/mol. The first-order chi connectivity index (χ1) is 14.8. The number of hydrogen-bond donors (Lipinski definition) is 1. The van der Waals surface area contributed by atoms with Crippen LogP contribution in [0.5, 0.6) is 5.75 Å². The van der Waals surface area contributed by atoms with Gasteiger partial charge in [-0.15, -0.1) is 6.58 Å². The first-order valence-electron chi connectivity index (χ1n) is 8.95. The number of ether oxygens (including phenoxy) is 1. The fourth-order valence-corrected chi connectivity index (χ4v) is 5.18. The molecule has 1 fully saturated rings. The maximum absolute atomic E-state index is 12.9. The molecule has 1 N–H and O–H groups in total. The van der Waals surface area contributed by atoms with Crippen LogP contribution in [0.25, 0.3) is 6.08 Å². The van der Waals surface area contributed by atoms with Gasteiger partial charge >= 0.3 is 0 Å². The second-order valence-corrected chi connectivity index (χ2v) is 9.18. The van der Waals surface area contributed by atoms with Crippen LogP contribution < -0.4 is 10.1 Å². The van der Waals surface area contributed by atoms with Crippen molar-refractivity contribution in [2.45, 2.75) is 6.61 Å². The molecule has 6 nitrogen and oxygen atoms in total. The molecule has 0 unspecified atom stereocenters. The third-order valence-electron chi connectivity index (χ3n) is 4.34. The molecule has 0 atom stereocenters. The third kappa shape index (κ3) is 5.31. The fraction of sp³-hybridized carbons (Fsp3) is 0.0909. The van der Waals surface area contributed by atoms with Gasteiger partial charge in [-0.3, -0.25) is 19.8 Å². The zero-order valence-electron chi connectivity index (χ0n) is 16.0. The van der Waals surface area contributed by atoms with Gasteiger partial charge in [-0.25, -0.2) is 0 Å². The van der Waals surface area contributed by atoms with Crippen molar-refractivity contribution >= 4 is 80.4 Å². The Bertz CT molecular complexity index is 1170. The predicted molar refractivity (Wildman–Crippen MR) is 138 cm³/mol. The highest BCUT2D eigenvalue weighted by Crippen LogP contribution is 2.32. The van der Waals surface area contributed by atoms with Crippen molar-refractivity contribution in [3.63, 3.8) is 0 Å². The Labute approximate surface area is 212 Å². The molecular formula is C22H15I2N3O3S. The summed E-state index contributed by atoms with van der Waals surface area (Å²) < 4.78 is 7.78. The molecule has 1 saturated heterocycles. The van der Waals surface area contributed by atoms with Gasteiger partial charge in [0, 0.05) is 21.2 Å². The average molecular weight is 655 g/mol. The largest absolute Gasteiger partial charge is 0.487 e. The third-order valence-corrected chi connectivity index (χ3v) is 6.09. The number of nitriles is 1. The average Bonchev–Trinajstić information content (AvgIpc) is 2.73. The maximum atomic E-state index is 12.9. The minimum atomic E-state index is -0.565. The monoisotopic (exact) mass is 655 g/mol. The molecule has 2 aromatic carbocycles. The number of thiocarbonyl (C=S) groups is 1. The predicted octanol–water partition coefficient (Wildman–Crippen LogP) is 4.16. The number of benzene rings is 2. The van der Waals surface area contributed by atoms with E-state index in [1.54, 1.807) is 12.1 Å². The van der Waals surface area contributed by atoms with Crippen LogP contribution in [0, 0.1) is 18.5 Å². The zero-order valence-corrected chi connectivity index (χ0v) is 21.2. The fourth-order valence-electron chi connectivity index (χ4n) is 2.89. The summed E-state index contributed by atoms with van der Waals surface area (Å²) in [5.41, 5.74) is 1.80. The smallest absolute Gasteiger partial charge is 0.265 e. The number of rotatable bonds is 6. The molecule has 2 aromatic rings. The molecule has 0 saturated carbocycles. The second kappa shape index (κ2) is 10.3. The van der Waals surface area contributed by atoms with Gasteiger partial charge in [0.2, 0.25) is 0 Å². The number of nitrogens with zero attached hydrogens (tertiary/aromatic N) is 2. The minimum absolute atomic E-state index is 0.0458. The molecule has 9 heteroatoms. The lowest BCUT2D eigenvalue weighted by molar-refractivity contribution is -0.128. The molecule has 1 heterocycles. The van der Waals surface area contributed by atoms with Crippen LogP contribution in [0.4, 0.5) is 0 Å². The molecule has 2 amide bonds. The van der Waals surface area contributed by atoms with Gasteiger partial charge in [0.1, 0.15) is 17.9 Å². The molecule has 0 aliphatic carbocycles. The van der Waals surface area contributed by atoms with Crippen LogP contribution >= 0.6 is 57.4 Å². The highest BCUT2D eigenvalue weighted by molar-refractivity contribution is 14.1. The number of hydrogen-bond acceptors (Lipinski definition) is 5. The van der Waals surface area contributed by atoms with E-state index in [1.807, 2.05) is 24.3 Å². The van der Waals surface area contributed by atoms with Crippen LogP contribution in [-0.2, 0) is 16.2 Å². The van der Waals surface area contributed by atoms with E-state index in [0.717, 1.165) is 12.7 Å². The highest BCUT2D eigenvalue weighted by Gasteiger charge is 2.33. The minimum Gasteiger partial charge on any atom is -0.487 e. The highest BCUT2D eigenvalue weighted by atomic mass is 127. The van der Waals surface area contributed by atoms with E-state index < -0.39 is 11.8 Å². The van der Waals surface area contributed by atoms with Crippen molar-refractivity contribution in [2.24, 2.45) is 0 Å². The Morgan fingerprint density at radius 2 is 2.00 bits per heavy atom. The van der Waals surface area contributed by atoms with Gasteiger partial charge < -0.3 is 4.74 Å². The van der Waals surface area contributed by atoms with Crippen molar-refractivity contribution in [3.05, 3.63) is 78.5 Å². The SMILES string of the molecule is C=CCN1C(=O)/C(=C/c2cc(I)cc(I)c2OCc2ccccc2C#N)C(=O)NC1=S. The van der Waals surface area contributed by atoms with E-state index in [4.69, 9.17) is 17.0 Å². The van der Waals surface area contributed by atoms with Crippen LogP contribution in [-0.4, -0.2) is 28.4 Å². The summed E-state index contributed by atoms with van der Waals surface area (Å²) in [6.45, 7) is 3.98. The maximum Gasteiger partial charge on any atom is 0.265 e. The summed E-state index contributed by atoms with van der Waals surface area (Å²) in [6, 6.07) is 13.1. The molecule has 1 aliphatic rings. The molecule has 0 radical (unpaired) electrons. The zero-order chi connectivity index (χ0) is 22.5. The van der Waals surface area contributed by atoms with Crippen molar-refractivity contribution < 1.29 is 14.3 Å². The summed E-state index contributed by atoms with van der Waals surface area (Å²) >= 11 is 9.40.